The van der Waals surface area contributed by atoms with E-state index in [2.05, 4.69) is 22.1 Å². The molecule has 0 saturated carbocycles. The molecule has 0 aliphatic rings. The molecule has 0 radical (unpaired) electrons. The molecule has 0 spiro atoms. The van der Waals surface area contributed by atoms with E-state index in [9.17, 15) is 0 Å². The summed E-state index contributed by atoms with van der Waals surface area (Å²) in [5.41, 5.74) is 0.986. The van der Waals surface area contributed by atoms with Gasteiger partial charge >= 0.3 is 0 Å². The molecular formula is C12H15N3OS. The summed E-state index contributed by atoms with van der Waals surface area (Å²) in [5, 5.41) is 7.91. The van der Waals surface area contributed by atoms with Crippen molar-refractivity contribution >= 4 is 11.8 Å². The van der Waals surface area contributed by atoms with Crippen LogP contribution in [0.2, 0.25) is 0 Å². The van der Waals surface area contributed by atoms with Gasteiger partial charge in [-0.15, -0.1) is 5.10 Å². The van der Waals surface area contributed by atoms with Crippen LogP contribution in [-0.2, 0) is 0 Å². The average Bonchev–Trinajstić information content (AvgIpc) is 2.85. The Bertz CT molecular complexity index is 484. The minimum Gasteiger partial charge on any atom is -0.497 e. The molecule has 0 aliphatic carbocycles. The van der Waals surface area contributed by atoms with E-state index in [0.717, 1.165) is 34.5 Å². The highest BCUT2D eigenvalue weighted by molar-refractivity contribution is 7.99. The fourth-order valence-corrected chi connectivity index (χ4v) is 2.06. The highest BCUT2D eigenvalue weighted by atomic mass is 32.2. The molecule has 0 atom stereocenters. The summed E-state index contributed by atoms with van der Waals surface area (Å²) in [6, 6.07) is 7.77. The molecule has 5 heteroatoms. The van der Waals surface area contributed by atoms with Crippen molar-refractivity contribution < 1.29 is 4.74 Å². The average molecular weight is 249 g/mol. The first kappa shape index (κ1) is 12.0. The molecule has 1 aromatic carbocycles. The molecule has 0 bridgehead atoms. The number of rotatable bonds is 5. The number of thioether (sulfide) groups is 1. The van der Waals surface area contributed by atoms with Crippen LogP contribution < -0.4 is 4.74 Å². The lowest BCUT2D eigenvalue weighted by Crippen LogP contribution is -1.85. The monoisotopic (exact) mass is 249 g/mol. The van der Waals surface area contributed by atoms with Crippen molar-refractivity contribution in [3.8, 4) is 17.1 Å². The zero-order valence-corrected chi connectivity index (χ0v) is 10.8. The second kappa shape index (κ2) is 5.72. The molecule has 4 nitrogen and oxygen atoms in total. The number of aromatic amines is 1. The number of H-pyrrole nitrogens is 1. The standard InChI is InChI=1S/C12H15N3OS/c1-3-7-17-12-13-11(14-15-12)9-5-4-6-10(8-9)16-2/h4-6,8H,3,7H2,1-2H3,(H,13,14,15). The third kappa shape index (κ3) is 3.00. The van der Waals surface area contributed by atoms with Gasteiger partial charge in [0.2, 0.25) is 5.16 Å². The maximum atomic E-state index is 5.18. The first-order chi connectivity index (χ1) is 8.33. The van der Waals surface area contributed by atoms with Crippen LogP contribution in [-0.4, -0.2) is 28.0 Å². The molecule has 0 aliphatic heterocycles. The van der Waals surface area contributed by atoms with Crippen LogP contribution in [0.5, 0.6) is 5.75 Å². The highest BCUT2D eigenvalue weighted by Gasteiger charge is 2.06. The minimum atomic E-state index is 0.780. The smallest absolute Gasteiger partial charge is 0.208 e. The summed E-state index contributed by atoms with van der Waals surface area (Å²) < 4.78 is 5.18. The fourth-order valence-electron chi connectivity index (χ4n) is 1.40. The van der Waals surface area contributed by atoms with Gasteiger partial charge in [-0.3, -0.25) is 5.10 Å². The van der Waals surface area contributed by atoms with Crippen LogP contribution in [0, 0.1) is 0 Å². The Labute approximate surface area is 105 Å². The normalized spacial score (nSPS) is 10.5. The van der Waals surface area contributed by atoms with Crippen LogP contribution in [0.4, 0.5) is 0 Å². The van der Waals surface area contributed by atoms with Crippen LogP contribution in [0.25, 0.3) is 11.4 Å². The summed E-state index contributed by atoms with van der Waals surface area (Å²) in [4.78, 5) is 4.43. The molecule has 0 amide bonds. The largest absolute Gasteiger partial charge is 0.497 e. The molecule has 17 heavy (non-hydrogen) atoms. The Balaban J connectivity index is 2.18. The quantitative estimate of drug-likeness (QED) is 0.828. The predicted molar refractivity (Wildman–Crippen MR) is 69.4 cm³/mol. The van der Waals surface area contributed by atoms with E-state index in [-0.39, 0.29) is 0 Å². The number of nitrogens with one attached hydrogen (secondary N) is 1. The van der Waals surface area contributed by atoms with Crippen LogP contribution >= 0.6 is 11.8 Å². The molecular weight excluding hydrogens is 234 g/mol. The number of aromatic nitrogens is 3. The van der Waals surface area contributed by atoms with Crippen molar-refractivity contribution in [3.63, 3.8) is 0 Å². The van der Waals surface area contributed by atoms with Gasteiger partial charge in [0, 0.05) is 11.3 Å². The van der Waals surface area contributed by atoms with Crippen molar-refractivity contribution in [2.75, 3.05) is 12.9 Å². The molecule has 0 fully saturated rings. The first-order valence-corrected chi connectivity index (χ1v) is 6.51. The van der Waals surface area contributed by atoms with E-state index >= 15 is 0 Å². The van der Waals surface area contributed by atoms with Crippen molar-refractivity contribution in [3.05, 3.63) is 24.3 Å². The van der Waals surface area contributed by atoms with Crippen molar-refractivity contribution in [2.24, 2.45) is 0 Å². The van der Waals surface area contributed by atoms with E-state index in [1.54, 1.807) is 18.9 Å². The lowest BCUT2D eigenvalue weighted by molar-refractivity contribution is 0.415. The van der Waals surface area contributed by atoms with E-state index in [4.69, 9.17) is 4.74 Å². The Kier molecular flexibility index (Phi) is 4.03. The molecule has 2 aromatic rings. The van der Waals surface area contributed by atoms with Gasteiger partial charge in [-0.1, -0.05) is 30.8 Å². The maximum Gasteiger partial charge on any atom is 0.208 e. The van der Waals surface area contributed by atoms with Crippen molar-refractivity contribution in [2.45, 2.75) is 18.5 Å². The van der Waals surface area contributed by atoms with Gasteiger partial charge in [0.25, 0.3) is 0 Å². The van der Waals surface area contributed by atoms with Crippen LogP contribution in [0.1, 0.15) is 13.3 Å². The third-order valence-corrected chi connectivity index (χ3v) is 3.30. The molecule has 1 N–H and O–H groups in total. The van der Waals surface area contributed by atoms with E-state index in [1.165, 1.54) is 0 Å². The highest BCUT2D eigenvalue weighted by Crippen LogP contribution is 2.22. The van der Waals surface area contributed by atoms with Gasteiger partial charge in [-0.25, -0.2) is 4.98 Å². The Hall–Kier alpha value is -1.49. The summed E-state index contributed by atoms with van der Waals surface area (Å²) in [7, 11) is 1.65. The predicted octanol–water partition coefficient (Wildman–Crippen LogP) is 2.98. The zero-order chi connectivity index (χ0) is 12.1. The molecule has 1 heterocycles. The van der Waals surface area contributed by atoms with Gasteiger partial charge in [0.1, 0.15) is 5.75 Å². The fraction of sp³-hybridized carbons (Fsp3) is 0.333. The summed E-state index contributed by atoms with van der Waals surface area (Å²) in [6.45, 7) is 2.14. The topological polar surface area (TPSA) is 50.8 Å². The Morgan fingerprint density at radius 1 is 1.41 bits per heavy atom. The molecule has 0 unspecified atom stereocenters. The van der Waals surface area contributed by atoms with Gasteiger partial charge in [0.05, 0.1) is 7.11 Å². The Morgan fingerprint density at radius 3 is 3.06 bits per heavy atom. The minimum absolute atomic E-state index is 0.780. The van der Waals surface area contributed by atoms with Crippen molar-refractivity contribution in [1.29, 1.82) is 0 Å². The number of benzene rings is 1. The summed E-state index contributed by atoms with van der Waals surface area (Å²) >= 11 is 1.66. The second-order valence-electron chi connectivity index (χ2n) is 3.55. The number of hydrogen-bond donors (Lipinski definition) is 1. The zero-order valence-electron chi connectivity index (χ0n) is 9.93. The van der Waals surface area contributed by atoms with E-state index in [0.29, 0.717) is 0 Å². The lowest BCUT2D eigenvalue weighted by atomic mass is 10.2. The van der Waals surface area contributed by atoms with Gasteiger partial charge in [0.15, 0.2) is 5.82 Å². The van der Waals surface area contributed by atoms with Crippen molar-refractivity contribution in [1.82, 2.24) is 15.2 Å². The molecule has 0 saturated heterocycles. The van der Waals surface area contributed by atoms with Gasteiger partial charge in [-0.2, -0.15) is 0 Å². The SMILES string of the molecule is CCCSc1n[nH]c(-c2cccc(OC)c2)n1. The van der Waals surface area contributed by atoms with Crippen LogP contribution in [0.15, 0.2) is 29.4 Å². The number of methoxy groups -OCH3 is 1. The summed E-state index contributed by atoms with van der Waals surface area (Å²) in [5.74, 6) is 2.64. The van der Waals surface area contributed by atoms with E-state index in [1.807, 2.05) is 24.3 Å². The summed E-state index contributed by atoms with van der Waals surface area (Å²) in [6.07, 6.45) is 1.12. The third-order valence-electron chi connectivity index (χ3n) is 2.24. The van der Waals surface area contributed by atoms with Gasteiger partial charge in [-0.05, 0) is 18.6 Å². The number of hydrogen-bond acceptors (Lipinski definition) is 4. The maximum absolute atomic E-state index is 5.18. The second-order valence-corrected chi connectivity index (χ2v) is 4.61. The first-order valence-electron chi connectivity index (χ1n) is 5.53. The van der Waals surface area contributed by atoms with Crippen LogP contribution in [0.3, 0.4) is 0 Å². The Morgan fingerprint density at radius 2 is 2.29 bits per heavy atom. The lowest BCUT2D eigenvalue weighted by Gasteiger charge is -2.00. The number of ether oxygens (including phenoxy) is 1. The van der Waals surface area contributed by atoms with E-state index < -0.39 is 0 Å². The van der Waals surface area contributed by atoms with Gasteiger partial charge < -0.3 is 4.74 Å². The molecule has 2 rings (SSSR count). The number of nitrogens with zero attached hydrogens (tertiary/aromatic N) is 2. The molecule has 1 aromatic heterocycles. The molecule has 90 valence electrons.